The van der Waals surface area contributed by atoms with E-state index in [2.05, 4.69) is 6.92 Å². The first kappa shape index (κ1) is 13.2. The van der Waals surface area contributed by atoms with Crippen molar-refractivity contribution in [3.8, 4) is 0 Å². The molecule has 0 saturated heterocycles. The summed E-state index contributed by atoms with van der Waals surface area (Å²) in [6.45, 7) is 2.11. The van der Waals surface area contributed by atoms with Crippen LogP contribution in [0.4, 0.5) is 0 Å². The van der Waals surface area contributed by atoms with Gasteiger partial charge in [0.05, 0.1) is 5.75 Å². The molecule has 0 aromatic rings. The molecule has 0 heterocycles. The van der Waals surface area contributed by atoms with E-state index in [1.165, 1.54) is 0 Å². The highest BCUT2D eigenvalue weighted by Gasteiger charge is 2.13. The van der Waals surface area contributed by atoms with Crippen molar-refractivity contribution in [1.29, 1.82) is 0 Å². The number of halogens is 1. The Bertz CT molecular complexity index is 213. The lowest BCUT2D eigenvalue weighted by Gasteiger charge is -2.06. The summed E-state index contributed by atoms with van der Waals surface area (Å²) in [6.07, 6.45) is 4.95. The lowest BCUT2D eigenvalue weighted by Crippen LogP contribution is -2.15. The second-order valence-electron chi connectivity index (χ2n) is 3.20. The van der Waals surface area contributed by atoms with Crippen molar-refractivity contribution in [3.05, 3.63) is 0 Å². The molecule has 0 fully saturated rings. The van der Waals surface area contributed by atoms with Gasteiger partial charge in [-0.2, -0.15) is 8.42 Å². The number of alkyl halides is 1. The van der Waals surface area contributed by atoms with E-state index in [9.17, 15) is 8.42 Å². The van der Waals surface area contributed by atoms with Crippen LogP contribution in [-0.4, -0.2) is 24.1 Å². The fourth-order valence-corrected chi connectivity index (χ4v) is 2.36. The molecule has 0 aromatic heterocycles. The predicted octanol–water partition coefficient (Wildman–Crippen LogP) is 2.45. The predicted molar refractivity (Wildman–Crippen MR) is 54.8 cm³/mol. The average molecular weight is 229 g/mol. The standard InChI is InChI=1S/C8H17ClO3S/c1-2-3-4-5-6-8(9)7-13(10,11)12/h8H,2-7H2,1H3,(H,10,11,12). The van der Waals surface area contributed by atoms with Gasteiger partial charge in [0.15, 0.2) is 0 Å². The van der Waals surface area contributed by atoms with Gasteiger partial charge in [-0.15, -0.1) is 11.6 Å². The molecule has 3 nitrogen and oxygen atoms in total. The molecule has 1 unspecified atom stereocenters. The Hall–Kier alpha value is 0.200. The summed E-state index contributed by atoms with van der Waals surface area (Å²) in [7, 11) is -3.90. The Morgan fingerprint density at radius 3 is 2.38 bits per heavy atom. The maximum atomic E-state index is 10.4. The normalized spacial score (nSPS) is 14.4. The minimum atomic E-state index is -3.90. The second kappa shape index (κ2) is 6.62. The summed E-state index contributed by atoms with van der Waals surface area (Å²) in [6, 6.07) is 0. The molecule has 0 aliphatic carbocycles. The fraction of sp³-hybridized carbons (Fsp3) is 1.00. The van der Waals surface area contributed by atoms with Crippen molar-refractivity contribution in [2.24, 2.45) is 0 Å². The lowest BCUT2D eigenvalue weighted by atomic mass is 10.1. The zero-order valence-corrected chi connectivity index (χ0v) is 9.44. The van der Waals surface area contributed by atoms with Crippen LogP contribution in [0.1, 0.15) is 39.0 Å². The molecule has 0 aliphatic heterocycles. The van der Waals surface area contributed by atoms with Crippen molar-refractivity contribution in [1.82, 2.24) is 0 Å². The molecule has 1 atom stereocenters. The van der Waals surface area contributed by atoms with E-state index in [1.54, 1.807) is 0 Å². The summed E-state index contributed by atoms with van der Waals surface area (Å²) in [5, 5.41) is -0.452. The smallest absolute Gasteiger partial charge is 0.266 e. The van der Waals surface area contributed by atoms with Crippen LogP contribution in [0.15, 0.2) is 0 Å². The molecule has 5 heteroatoms. The van der Waals surface area contributed by atoms with Crippen molar-refractivity contribution in [2.75, 3.05) is 5.75 Å². The van der Waals surface area contributed by atoms with Gasteiger partial charge < -0.3 is 0 Å². The van der Waals surface area contributed by atoms with Crippen LogP contribution < -0.4 is 0 Å². The SMILES string of the molecule is CCCCCCC(Cl)CS(=O)(=O)O. The largest absolute Gasteiger partial charge is 0.286 e. The van der Waals surface area contributed by atoms with Gasteiger partial charge in [0.25, 0.3) is 10.1 Å². The lowest BCUT2D eigenvalue weighted by molar-refractivity contribution is 0.479. The quantitative estimate of drug-likeness (QED) is 0.414. The minimum absolute atomic E-state index is 0.333. The summed E-state index contributed by atoms with van der Waals surface area (Å²) >= 11 is 5.71. The van der Waals surface area contributed by atoms with Crippen LogP contribution in [0.3, 0.4) is 0 Å². The van der Waals surface area contributed by atoms with Gasteiger partial charge in [-0.25, -0.2) is 0 Å². The van der Waals surface area contributed by atoms with Gasteiger partial charge in [-0.3, -0.25) is 4.55 Å². The molecule has 0 aliphatic rings. The summed E-state index contributed by atoms with van der Waals surface area (Å²) in [5.74, 6) is -0.333. The minimum Gasteiger partial charge on any atom is -0.286 e. The van der Waals surface area contributed by atoms with Crippen molar-refractivity contribution < 1.29 is 13.0 Å². The summed E-state index contributed by atoms with van der Waals surface area (Å²) in [5.41, 5.74) is 0. The first-order chi connectivity index (χ1) is 5.95. The summed E-state index contributed by atoms with van der Waals surface area (Å²) < 4.78 is 29.3. The number of unbranched alkanes of at least 4 members (excludes halogenated alkanes) is 3. The van der Waals surface area contributed by atoms with Crippen LogP contribution in [-0.2, 0) is 10.1 Å². The molecule has 0 amide bonds. The maximum absolute atomic E-state index is 10.4. The van der Waals surface area contributed by atoms with E-state index >= 15 is 0 Å². The van der Waals surface area contributed by atoms with Crippen molar-refractivity contribution in [2.45, 2.75) is 44.4 Å². The van der Waals surface area contributed by atoms with E-state index in [-0.39, 0.29) is 5.75 Å². The molecular formula is C8H17ClO3S. The summed E-state index contributed by atoms with van der Waals surface area (Å²) in [4.78, 5) is 0. The average Bonchev–Trinajstić information content (AvgIpc) is 1.94. The molecule has 0 radical (unpaired) electrons. The molecule has 0 spiro atoms. The molecule has 0 bridgehead atoms. The van der Waals surface area contributed by atoms with Gasteiger partial charge in [-0.1, -0.05) is 32.6 Å². The van der Waals surface area contributed by atoms with Crippen molar-refractivity contribution in [3.63, 3.8) is 0 Å². The number of rotatable bonds is 7. The van der Waals surface area contributed by atoms with Crippen LogP contribution in [0.2, 0.25) is 0 Å². The van der Waals surface area contributed by atoms with Crippen LogP contribution in [0, 0.1) is 0 Å². The van der Waals surface area contributed by atoms with Gasteiger partial charge in [0, 0.05) is 5.38 Å². The third-order valence-corrected chi connectivity index (χ3v) is 3.14. The molecule has 13 heavy (non-hydrogen) atoms. The topological polar surface area (TPSA) is 54.4 Å². The number of hydrogen-bond donors (Lipinski definition) is 1. The first-order valence-corrected chi connectivity index (χ1v) is 6.59. The van der Waals surface area contributed by atoms with Crippen LogP contribution in [0.5, 0.6) is 0 Å². The highest BCUT2D eigenvalue weighted by atomic mass is 35.5. The van der Waals surface area contributed by atoms with E-state index in [0.717, 1.165) is 25.7 Å². The third-order valence-electron chi connectivity index (χ3n) is 1.76. The van der Waals surface area contributed by atoms with Crippen LogP contribution in [0.25, 0.3) is 0 Å². The molecule has 1 N–H and O–H groups in total. The Morgan fingerprint density at radius 2 is 1.92 bits per heavy atom. The molecule has 0 rings (SSSR count). The zero-order valence-electron chi connectivity index (χ0n) is 7.87. The van der Waals surface area contributed by atoms with Gasteiger partial charge >= 0.3 is 0 Å². The monoisotopic (exact) mass is 228 g/mol. The third kappa shape index (κ3) is 10.1. The van der Waals surface area contributed by atoms with E-state index in [4.69, 9.17) is 16.2 Å². The van der Waals surface area contributed by atoms with Crippen LogP contribution >= 0.6 is 11.6 Å². The van der Waals surface area contributed by atoms with E-state index < -0.39 is 15.5 Å². The van der Waals surface area contributed by atoms with Gasteiger partial charge in [0.1, 0.15) is 0 Å². The van der Waals surface area contributed by atoms with Crippen molar-refractivity contribution >= 4 is 21.7 Å². The maximum Gasteiger partial charge on any atom is 0.266 e. The highest BCUT2D eigenvalue weighted by molar-refractivity contribution is 7.85. The Morgan fingerprint density at radius 1 is 1.31 bits per heavy atom. The molecule has 80 valence electrons. The van der Waals surface area contributed by atoms with E-state index in [1.807, 2.05) is 0 Å². The van der Waals surface area contributed by atoms with Gasteiger partial charge in [0.2, 0.25) is 0 Å². The highest BCUT2D eigenvalue weighted by Crippen LogP contribution is 2.11. The fourth-order valence-electron chi connectivity index (χ4n) is 1.10. The Balaban J connectivity index is 3.47. The molecule has 0 aromatic carbocycles. The Kier molecular flexibility index (Phi) is 6.73. The second-order valence-corrected chi connectivity index (χ2v) is 5.31. The first-order valence-electron chi connectivity index (χ1n) is 4.55. The number of hydrogen-bond acceptors (Lipinski definition) is 2. The molecular weight excluding hydrogens is 212 g/mol. The van der Waals surface area contributed by atoms with E-state index in [0.29, 0.717) is 6.42 Å². The molecule has 0 saturated carbocycles. The Labute approximate surface area is 85.2 Å². The zero-order chi connectivity index (χ0) is 10.3. The van der Waals surface area contributed by atoms with Gasteiger partial charge in [-0.05, 0) is 6.42 Å².